The van der Waals surface area contributed by atoms with Gasteiger partial charge in [-0.3, -0.25) is 0 Å². The third kappa shape index (κ3) is 1.33. The van der Waals surface area contributed by atoms with Crippen molar-refractivity contribution >= 4 is 32.5 Å². The van der Waals surface area contributed by atoms with E-state index < -0.39 is 0 Å². The maximum atomic E-state index is 6.24. The van der Waals surface area contributed by atoms with E-state index >= 15 is 0 Å². The first kappa shape index (κ1) is 12.2. The van der Waals surface area contributed by atoms with E-state index in [1.165, 1.54) is 37.3 Å². The summed E-state index contributed by atoms with van der Waals surface area (Å²) < 4.78 is 10.7. The molecule has 1 aliphatic heterocycles. The molecule has 0 atom stereocenters. The predicted octanol–water partition coefficient (Wildman–Crippen LogP) is 4.30. The van der Waals surface area contributed by atoms with Gasteiger partial charge in [-0.25, -0.2) is 0 Å². The highest BCUT2D eigenvalue weighted by Crippen LogP contribution is 2.51. The summed E-state index contributed by atoms with van der Waals surface area (Å²) >= 11 is 1.84. The van der Waals surface area contributed by atoms with E-state index in [4.69, 9.17) is 4.74 Å². The SMILES string of the molecule is Cc1sc2c3c(cn2C)Oc2cc4ccccc4[n+](C)c2-c13. The summed E-state index contributed by atoms with van der Waals surface area (Å²) in [5, 5.41) is 2.45. The molecule has 3 aromatic heterocycles. The molecule has 0 bridgehead atoms. The lowest BCUT2D eigenvalue weighted by Gasteiger charge is -2.15. The molecule has 4 heterocycles. The summed E-state index contributed by atoms with van der Waals surface area (Å²) in [5.41, 5.74) is 3.73. The van der Waals surface area contributed by atoms with Crippen LogP contribution in [0.5, 0.6) is 11.5 Å². The Kier molecular flexibility index (Phi) is 2.17. The number of aryl methyl sites for hydroxylation is 3. The van der Waals surface area contributed by atoms with E-state index in [-0.39, 0.29) is 0 Å². The van der Waals surface area contributed by atoms with Crippen LogP contribution in [0.25, 0.3) is 32.4 Å². The van der Waals surface area contributed by atoms with Crippen molar-refractivity contribution in [2.45, 2.75) is 6.92 Å². The molecule has 1 aliphatic rings. The molecule has 1 aromatic carbocycles. The second-order valence-corrected chi connectivity index (χ2v) is 7.10. The first-order valence-electron chi connectivity index (χ1n) is 7.33. The number of nitrogens with zero attached hydrogens (tertiary/aromatic N) is 2. The summed E-state index contributed by atoms with van der Waals surface area (Å²) in [5.74, 6) is 1.92. The standard InChI is InChI=1S/C18H15N2OS/c1-10-15-16-14(9-19(2)18(16)22-10)21-13-8-11-6-4-5-7-12(11)20(3)17(13)15/h4-9H,1-3H3/q+1. The zero-order chi connectivity index (χ0) is 15.0. The highest BCUT2D eigenvalue weighted by molar-refractivity contribution is 7.19. The van der Waals surface area contributed by atoms with Gasteiger partial charge < -0.3 is 9.30 Å². The predicted molar refractivity (Wildman–Crippen MR) is 89.7 cm³/mol. The van der Waals surface area contributed by atoms with E-state index in [9.17, 15) is 0 Å². The summed E-state index contributed by atoms with van der Waals surface area (Å²) in [7, 11) is 4.21. The Morgan fingerprint density at radius 3 is 2.86 bits per heavy atom. The lowest BCUT2D eigenvalue weighted by molar-refractivity contribution is -0.633. The maximum absolute atomic E-state index is 6.24. The number of benzene rings is 1. The van der Waals surface area contributed by atoms with Crippen LogP contribution >= 0.6 is 11.3 Å². The molecule has 4 heteroatoms. The van der Waals surface area contributed by atoms with Crippen molar-refractivity contribution in [1.82, 2.24) is 4.57 Å². The van der Waals surface area contributed by atoms with Gasteiger partial charge in [0.2, 0.25) is 5.52 Å². The number of hydrogen-bond donors (Lipinski definition) is 0. The Morgan fingerprint density at radius 1 is 1.18 bits per heavy atom. The quantitative estimate of drug-likeness (QED) is 0.390. The van der Waals surface area contributed by atoms with Crippen molar-refractivity contribution < 1.29 is 9.30 Å². The smallest absolute Gasteiger partial charge is 0.257 e. The average Bonchev–Trinajstić information content (AvgIpc) is 3.00. The van der Waals surface area contributed by atoms with Crippen LogP contribution in [0.2, 0.25) is 0 Å². The molecule has 22 heavy (non-hydrogen) atoms. The first-order chi connectivity index (χ1) is 10.6. The lowest BCUT2D eigenvalue weighted by atomic mass is 10.0. The average molecular weight is 307 g/mol. The Labute approximate surface area is 132 Å². The van der Waals surface area contributed by atoms with Gasteiger partial charge in [0.15, 0.2) is 11.5 Å². The molecule has 0 fully saturated rings. The van der Waals surface area contributed by atoms with Crippen molar-refractivity contribution in [3.63, 3.8) is 0 Å². The zero-order valence-corrected chi connectivity index (χ0v) is 13.5. The van der Waals surface area contributed by atoms with E-state index in [1.807, 2.05) is 11.3 Å². The molecule has 0 N–H and O–H groups in total. The van der Waals surface area contributed by atoms with Crippen LogP contribution < -0.4 is 9.30 Å². The minimum Gasteiger partial charge on any atom is -0.448 e. The number of para-hydroxylation sites is 1. The molecular weight excluding hydrogens is 292 g/mol. The number of fused-ring (bicyclic) bond motifs is 3. The fourth-order valence-electron chi connectivity index (χ4n) is 3.57. The van der Waals surface area contributed by atoms with Crippen LogP contribution in [0.15, 0.2) is 36.5 Å². The molecule has 0 amide bonds. The van der Waals surface area contributed by atoms with Gasteiger partial charge in [-0.15, -0.1) is 11.3 Å². The molecular formula is C18H15N2OS+. The van der Waals surface area contributed by atoms with E-state index in [2.05, 4.69) is 66.7 Å². The van der Waals surface area contributed by atoms with Crippen molar-refractivity contribution in [3.8, 4) is 22.8 Å². The number of aromatic nitrogens is 2. The summed E-state index contributed by atoms with van der Waals surface area (Å²) in [6, 6.07) is 10.6. The highest BCUT2D eigenvalue weighted by atomic mass is 32.1. The Morgan fingerprint density at radius 2 is 2.00 bits per heavy atom. The minimum absolute atomic E-state index is 0.947. The number of thiophene rings is 1. The van der Waals surface area contributed by atoms with Crippen LogP contribution in [0.3, 0.4) is 0 Å². The van der Waals surface area contributed by atoms with E-state index in [0.717, 1.165) is 11.5 Å². The summed E-state index contributed by atoms with van der Waals surface area (Å²) in [6.07, 6.45) is 2.09. The van der Waals surface area contributed by atoms with Gasteiger partial charge in [0.05, 0.1) is 16.3 Å². The van der Waals surface area contributed by atoms with Gasteiger partial charge in [-0.1, -0.05) is 12.1 Å². The number of ether oxygens (including phenoxy) is 1. The first-order valence-corrected chi connectivity index (χ1v) is 8.15. The lowest BCUT2D eigenvalue weighted by Crippen LogP contribution is -2.33. The number of pyridine rings is 1. The molecule has 0 saturated carbocycles. The Hall–Kier alpha value is -2.33. The third-order valence-corrected chi connectivity index (χ3v) is 5.75. The van der Waals surface area contributed by atoms with E-state index in [1.54, 1.807) is 0 Å². The fraction of sp³-hybridized carbons (Fsp3) is 0.167. The molecule has 4 aromatic rings. The van der Waals surface area contributed by atoms with Crippen molar-refractivity contribution in [3.05, 3.63) is 41.4 Å². The highest BCUT2D eigenvalue weighted by Gasteiger charge is 2.33. The van der Waals surface area contributed by atoms with Gasteiger partial charge >= 0.3 is 0 Å². The third-order valence-electron chi connectivity index (χ3n) is 4.55. The number of rotatable bonds is 0. The fourth-order valence-corrected chi connectivity index (χ4v) is 4.66. The van der Waals surface area contributed by atoms with Gasteiger partial charge in [0.25, 0.3) is 5.69 Å². The molecule has 0 aliphatic carbocycles. The maximum Gasteiger partial charge on any atom is 0.257 e. The minimum atomic E-state index is 0.947. The van der Waals surface area contributed by atoms with Gasteiger partial charge in [0.1, 0.15) is 11.9 Å². The molecule has 0 spiro atoms. The molecule has 0 saturated heterocycles. The molecule has 3 nitrogen and oxygen atoms in total. The molecule has 0 radical (unpaired) electrons. The zero-order valence-electron chi connectivity index (χ0n) is 12.7. The van der Waals surface area contributed by atoms with Crippen LogP contribution in [0, 0.1) is 6.92 Å². The molecule has 108 valence electrons. The largest absolute Gasteiger partial charge is 0.448 e. The molecule has 5 rings (SSSR count). The van der Waals surface area contributed by atoms with Crippen molar-refractivity contribution in [1.29, 1.82) is 0 Å². The Bertz CT molecular complexity index is 1090. The van der Waals surface area contributed by atoms with Crippen LogP contribution in [0.1, 0.15) is 4.88 Å². The summed E-state index contributed by atoms with van der Waals surface area (Å²) in [6.45, 7) is 2.20. The van der Waals surface area contributed by atoms with Crippen molar-refractivity contribution in [2.75, 3.05) is 0 Å². The second-order valence-electron chi connectivity index (χ2n) is 5.89. The van der Waals surface area contributed by atoms with Crippen LogP contribution in [-0.4, -0.2) is 4.57 Å². The van der Waals surface area contributed by atoms with Crippen LogP contribution in [-0.2, 0) is 14.1 Å². The summed E-state index contributed by atoms with van der Waals surface area (Å²) in [4.78, 5) is 2.62. The Balaban J connectivity index is 2.00. The number of hydrogen-bond acceptors (Lipinski definition) is 2. The van der Waals surface area contributed by atoms with Crippen molar-refractivity contribution in [2.24, 2.45) is 14.1 Å². The van der Waals surface area contributed by atoms with Gasteiger partial charge in [-0.2, -0.15) is 4.57 Å². The topological polar surface area (TPSA) is 18.0 Å². The monoisotopic (exact) mass is 307 g/mol. The molecule has 0 unspecified atom stereocenters. The van der Waals surface area contributed by atoms with Crippen LogP contribution in [0.4, 0.5) is 0 Å². The van der Waals surface area contributed by atoms with Gasteiger partial charge in [0, 0.05) is 30.3 Å². The van der Waals surface area contributed by atoms with Gasteiger partial charge in [-0.05, 0) is 13.0 Å². The second kappa shape index (κ2) is 3.90. The normalized spacial score (nSPS) is 12.7. The van der Waals surface area contributed by atoms with E-state index in [0.29, 0.717) is 0 Å².